The Kier molecular flexibility index (Phi) is 3.79. The fourth-order valence-corrected chi connectivity index (χ4v) is 1.79. The van der Waals surface area contributed by atoms with E-state index in [0.717, 1.165) is 12.1 Å². The Morgan fingerprint density at radius 1 is 1.25 bits per heavy atom. The quantitative estimate of drug-likeness (QED) is 0.489. The van der Waals surface area contributed by atoms with Crippen LogP contribution in [0.2, 0.25) is 0 Å². The Bertz CT molecular complexity index is 660. The zero-order valence-electron chi connectivity index (χ0n) is 9.99. The molecule has 0 radical (unpaired) electrons. The summed E-state index contributed by atoms with van der Waals surface area (Å²) in [7, 11) is 0. The smallest absolute Gasteiger partial charge is 0.279 e. The molecule has 0 aliphatic rings. The molecule has 102 valence electrons. The van der Waals surface area contributed by atoms with Crippen molar-refractivity contribution in [2.45, 2.75) is 6.43 Å². The SMILES string of the molecule is O=C(c1cccnc1)c1cccc([N+](=O)[O-])c1C(F)F. The standard InChI is InChI=1S/C13H8F2N2O3/c14-13(15)11-9(4-1-5-10(11)17(19)20)12(18)8-3-2-6-16-7-8/h1-7,13H. The molecule has 2 aromatic rings. The van der Waals surface area contributed by atoms with Gasteiger partial charge in [-0.15, -0.1) is 0 Å². The molecule has 0 spiro atoms. The lowest BCUT2D eigenvalue weighted by Crippen LogP contribution is -2.08. The van der Waals surface area contributed by atoms with Crippen LogP contribution in [0.1, 0.15) is 27.9 Å². The normalized spacial score (nSPS) is 10.6. The largest absolute Gasteiger partial charge is 0.289 e. The Hall–Kier alpha value is -2.70. The molecule has 0 saturated heterocycles. The third-order valence-electron chi connectivity index (χ3n) is 2.67. The summed E-state index contributed by atoms with van der Waals surface area (Å²) in [6.45, 7) is 0. The summed E-state index contributed by atoms with van der Waals surface area (Å²) in [5.41, 5.74) is -1.93. The van der Waals surface area contributed by atoms with Crippen molar-refractivity contribution in [3.8, 4) is 0 Å². The lowest BCUT2D eigenvalue weighted by atomic mass is 9.98. The number of ketones is 1. The molecule has 2 rings (SSSR count). The van der Waals surface area contributed by atoms with Gasteiger partial charge in [0.05, 0.1) is 4.92 Å². The first-order chi connectivity index (χ1) is 9.52. The van der Waals surface area contributed by atoms with Gasteiger partial charge in [-0.3, -0.25) is 19.9 Å². The minimum absolute atomic E-state index is 0.0925. The molecule has 0 fully saturated rings. The van der Waals surface area contributed by atoms with Crippen LogP contribution in [-0.4, -0.2) is 15.7 Å². The van der Waals surface area contributed by atoms with Gasteiger partial charge < -0.3 is 0 Å². The second-order valence-electron chi connectivity index (χ2n) is 3.87. The van der Waals surface area contributed by atoms with E-state index >= 15 is 0 Å². The monoisotopic (exact) mass is 278 g/mol. The third-order valence-corrected chi connectivity index (χ3v) is 2.67. The molecule has 20 heavy (non-hydrogen) atoms. The number of alkyl halides is 2. The molecule has 0 unspecified atom stereocenters. The number of pyridine rings is 1. The van der Waals surface area contributed by atoms with Crippen LogP contribution in [0.5, 0.6) is 0 Å². The van der Waals surface area contributed by atoms with Crippen molar-refractivity contribution >= 4 is 11.5 Å². The van der Waals surface area contributed by atoms with Crippen LogP contribution in [0.25, 0.3) is 0 Å². The molecular formula is C13H8F2N2O3. The topological polar surface area (TPSA) is 73.1 Å². The Labute approximate surface area is 112 Å². The summed E-state index contributed by atoms with van der Waals surface area (Å²) in [5, 5.41) is 10.8. The number of nitro groups is 1. The molecule has 7 heteroatoms. The minimum atomic E-state index is -3.12. The van der Waals surface area contributed by atoms with E-state index in [1.54, 1.807) is 0 Å². The molecule has 5 nitrogen and oxygen atoms in total. The van der Waals surface area contributed by atoms with Crippen LogP contribution < -0.4 is 0 Å². The van der Waals surface area contributed by atoms with E-state index in [9.17, 15) is 23.7 Å². The number of rotatable bonds is 4. The lowest BCUT2D eigenvalue weighted by Gasteiger charge is -2.08. The van der Waals surface area contributed by atoms with E-state index in [4.69, 9.17) is 0 Å². The molecule has 0 aliphatic heterocycles. The Morgan fingerprint density at radius 3 is 2.55 bits per heavy atom. The summed E-state index contributed by atoms with van der Waals surface area (Å²) in [5.74, 6) is -0.725. The van der Waals surface area contributed by atoms with Gasteiger partial charge in [-0.1, -0.05) is 12.1 Å². The minimum Gasteiger partial charge on any atom is -0.289 e. The van der Waals surface area contributed by atoms with Crippen molar-refractivity contribution in [3.63, 3.8) is 0 Å². The molecule has 0 saturated carbocycles. The van der Waals surface area contributed by atoms with E-state index < -0.39 is 28.4 Å². The number of halogens is 2. The number of nitrogens with zero attached hydrogens (tertiary/aromatic N) is 2. The summed E-state index contributed by atoms with van der Waals surface area (Å²) in [6.07, 6.45) is -0.471. The second kappa shape index (κ2) is 5.52. The van der Waals surface area contributed by atoms with Crippen LogP contribution in [0.15, 0.2) is 42.7 Å². The van der Waals surface area contributed by atoms with Crippen molar-refractivity contribution in [1.82, 2.24) is 4.98 Å². The maximum absolute atomic E-state index is 13.1. The van der Waals surface area contributed by atoms with Crippen LogP contribution in [-0.2, 0) is 0 Å². The Morgan fingerprint density at radius 2 is 2.00 bits per heavy atom. The molecule has 0 aliphatic carbocycles. The van der Waals surface area contributed by atoms with Gasteiger partial charge in [0.1, 0.15) is 5.56 Å². The number of carbonyl (C=O) groups excluding carboxylic acids is 1. The van der Waals surface area contributed by atoms with Crippen molar-refractivity contribution in [1.29, 1.82) is 0 Å². The van der Waals surface area contributed by atoms with Gasteiger partial charge in [0.25, 0.3) is 12.1 Å². The lowest BCUT2D eigenvalue weighted by molar-refractivity contribution is -0.386. The van der Waals surface area contributed by atoms with E-state index in [1.165, 1.54) is 30.6 Å². The third kappa shape index (κ3) is 2.51. The predicted octanol–water partition coefficient (Wildman–Crippen LogP) is 3.16. The zero-order chi connectivity index (χ0) is 14.7. The molecule has 1 heterocycles. The first-order valence-corrected chi connectivity index (χ1v) is 5.52. The highest BCUT2D eigenvalue weighted by Crippen LogP contribution is 2.33. The number of carbonyl (C=O) groups is 1. The highest BCUT2D eigenvalue weighted by molar-refractivity contribution is 6.10. The number of hydrogen-bond donors (Lipinski definition) is 0. The molecule has 0 bridgehead atoms. The molecule has 0 N–H and O–H groups in total. The van der Waals surface area contributed by atoms with Gasteiger partial charge in [0.2, 0.25) is 0 Å². The van der Waals surface area contributed by atoms with Crippen molar-refractivity contribution in [2.24, 2.45) is 0 Å². The van der Waals surface area contributed by atoms with E-state index in [-0.39, 0.29) is 11.1 Å². The molecule has 1 aromatic heterocycles. The van der Waals surface area contributed by atoms with Gasteiger partial charge in [-0.25, -0.2) is 8.78 Å². The summed E-state index contributed by atoms with van der Waals surface area (Å²) < 4.78 is 26.1. The first kappa shape index (κ1) is 13.7. The van der Waals surface area contributed by atoms with Crippen molar-refractivity contribution in [3.05, 3.63) is 69.5 Å². The van der Waals surface area contributed by atoms with Gasteiger partial charge in [0.15, 0.2) is 5.78 Å². The van der Waals surface area contributed by atoms with Gasteiger partial charge >= 0.3 is 0 Å². The van der Waals surface area contributed by atoms with Crippen LogP contribution in [0.3, 0.4) is 0 Å². The first-order valence-electron chi connectivity index (χ1n) is 5.52. The van der Waals surface area contributed by atoms with Crippen molar-refractivity contribution in [2.75, 3.05) is 0 Å². The maximum Gasteiger partial charge on any atom is 0.279 e. The number of nitro benzene ring substituents is 1. The number of benzene rings is 1. The maximum atomic E-state index is 13.1. The number of aromatic nitrogens is 1. The summed E-state index contributed by atoms with van der Waals surface area (Å²) in [6, 6.07) is 6.18. The van der Waals surface area contributed by atoms with Crippen molar-refractivity contribution < 1.29 is 18.5 Å². The average Bonchev–Trinajstić information content (AvgIpc) is 2.46. The molecular weight excluding hydrogens is 270 g/mol. The molecule has 1 aromatic carbocycles. The van der Waals surface area contributed by atoms with Gasteiger partial charge in [-0.05, 0) is 12.1 Å². The van der Waals surface area contributed by atoms with E-state index in [2.05, 4.69) is 4.98 Å². The summed E-state index contributed by atoms with van der Waals surface area (Å²) >= 11 is 0. The van der Waals surface area contributed by atoms with Crippen LogP contribution in [0, 0.1) is 10.1 Å². The second-order valence-corrected chi connectivity index (χ2v) is 3.87. The predicted molar refractivity (Wildman–Crippen MR) is 65.7 cm³/mol. The van der Waals surface area contributed by atoms with E-state index in [1.807, 2.05) is 0 Å². The average molecular weight is 278 g/mol. The summed E-state index contributed by atoms with van der Waals surface area (Å²) in [4.78, 5) is 25.7. The zero-order valence-corrected chi connectivity index (χ0v) is 9.99. The molecule has 0 amide bonds. The fraction of sp³-hybridized carbons (Fsp3) is 0.0769. The Balaban J connectivity index is 2.60. The highest BCUT2D eigenvalue weighted by Gasteiger charge is 2.28. The fourth-order valence-electron chi connectivity index (χ4n) is 1.79. The van der Waals surface area contributed by atoms with E-state index in [0.29, 0.717) is 0 Å². The van der Waals surface area contributed by atoms with Crippen LogP contribution >= 0.6 is 0 Å². The molecule has 0 atom stereocenters. The highest BCUT2D eigenvalue weighted by atomic mass is 19.3. The number of hydrogen-bond acceptors (Lipinski definition) is 4. The van der Waals surface area contributed by atoms with Gasteiger partial charge in [-0.2, -0.15) is 0 Å². The van der Waals surface area contributed by atoms with Gasteiger partial charge in [0, 0.05) is 29.6 Å². The van der Waals surface area contributed by atoms with Crippen LogP contribution in [0.4, 0.5) is 14.5 Å².